The Morgan fingerprint density at radius 2 is 0.893 bits per heavy atom. The first-order chi connectivity index (χ1) is 12.9. The Balaban J connectivity index is 0.00000112. The summed E-state index contributed by atoms with van der Waals surface area (Å²) in [5.41, 5.74) is 6.25. The minimum absolute atomic E-state index is 0. The number of fused-ring (bicyclic) bond motifs is 3. The molecule has 5 aromatic rings. The van der Waals surface area contributed by atoms with Crippen molar-refractivity contribution in [2.75, 3.05) is 0 Å². The van der Waals surface area contributed by atoms with Crippen LogP contribution >= 0.6 is 0 Å². The molecule has 0 spiro atoms. The fourth-order valence-corrected chi connectivity index (χ4v) is 3.43. The van der Waals surface area contributed by atoms with E-state index in [2.05, 4.69) is 58.8 Å². The van der Waals surface area contributed by atoms with Crippen molar-refractivity contribution in [2.45, 2.75) is 0 Å². The number of hydrogen-bond donors (Lipinski definition) is 0. The molecule has 2 radical (unpaired) electrons. The molecule has 0 aliphatic heterocycles. The molecule has 2 heterocycles. The van der Waals surface area contributed by atoms with Crippen LogP contribution in [0.2, 0.25) is 0 Å². The summed E-state index contributed by atoms with van der Waals surface area (Å²) in [4.78, 5) is 9.05. The second-order valence-corrected chi connectivity index (χ2v) is 6.19. The molecule has 0 aliphatic carbocycles. The van der Waals surface area contributed by atoms with Crippen LogP contribution in [0.25, 0.3) is 44.1 Å². The van der Waals surface area contributed by atoms with E-state index < -0.39 is 0 Å². The fourth-order valence-electron chi connectivity index (χ4n) is 3.43. The number of rotatable bonds is 2. The summed E-state index contributed by atoms with van der Waals surface area (Å²) in [5, 5.41) is 2.15. The van der Waals surface area contributed by atoms with E-state index in [0.717, 1.165) is 44.1 Å². The average Bonchev–Trinajstić information content (AvgIpc) is 2.74. The number of nitrogens with zero attached hydrogens (tertiary/aromatic N) is 2. The SMILES string of the molecule is [Pr].[Pr].[c-]1cc(-c2ccccc2)c2ccc3c(-c4ccccc4)c[c-]nc3c2n1. The molecule has 0 saturated heterocycles. The number of aromatic nitrogens is 2. The number of benzene rings is 3. The molecule has 128 valence electrons. The van der Waals surface area contributed by atoms with E-state index in [0.29, 0.717) is 0 Å². The quantitative estimate of drug-likeness (QED) is 0.189. The van der Waals surface area contributed by atoms with E-state index in [4.69, 9.17) is 0 Å². The Morgan fingerprint density at radius 1 is 0.500 bits per heavy atom. The van der Waals surface area contributed by atoms with E-state index in [9.17, 15) is 0 Å². The predicted molar refractivity (Wildman–Crippen MR) is 106 cm³/mol. The summed E-state index contributed by atoms with van der Waals surface area (Å²) in [6, 6.07) is 28.8. The van der Waals surface area contributed by atoms with Crippen LogP contribution in [-0.4, -0.2) is 9.97 Å². The van der Waals surface area contributed by atoms with Crippen LogP contribution in [-0.2, 0) is 0 Å². The third-order valence-corrected chi connectivity index (χ3v) is 4.67. The minimum atomic E-state index is 0. The summed E-state index contributed by atoms with van der Waals surface area (Å²) in [5.74, 6) is 0. The van der Waals surface area contributed by atoms with Gasteiger partial charge < -0.3 is 9.97 Å². The van der Waals surface area contributed by atoms with Gasteiger partial charge in [-0.1, -0.05) is 107 Å². The van der Waals surface area contributed by atoms with Crippen LogP contribution in [0.15, 0.2) is 84.9 Å². The van der Waals surface area contributed by atoms with E-state index in [1.54, 1.807) is 0 Å². The van der Waals surface area contributed by atoms with Crippen LogP contribution in [0.5, 0.6) is 0 Å². The van der Waals surface area contributed by atoms with Crippen LogP contribution in [0, 0.1) is 95.0 Å². The molecule has 5 rings (SSSR count). The standard InChI is InChI=1S/C24H14N2.2Pr/c1-3-7-17(8-4-1)19-13-15-25-23-21(19)11-12-22-20(14-16-26-24(22)23)18-9-5-2-6-10-18;;/h1-14H;;/q-2;;. The molecule has 0 fully saturated rings. The van der Waals surface area contributed by atoms with Crippen LogP contribution in [0.3, 0.4) is 0 Å². The first-order valence-electron chi connectivity index (χ1n) is 8.53. The Hall–Kier alpha value is -0.793. The summed E-state index contributed by atoms with van der Waals surface area (Å²) in [6.07, 6.45) is 6.10. The Bertz CT molecular complexity index is 1120. The minimum Gasteiger partial charge on any atom is -0.397 e. The molecular formula is C24H14N2Pr2-2. The van der Waals surface area contributed by atoms with Crippen molar-refractivity contribution in [1.82, 2.24) is 9.97 Å². The van der Waals surface area contributed by atoms with Crippen molar-refractivity contribution in [2.24, 2.45) is 0 Å². The Labute approximate surface area is 230 Å². The molecule has 0 atom stereocenters. The molecule has 2 nitrogen and oxygen atoms in total. The topological polar surface area (TPSA) is 25.8 Å². The van der Waals surface area contributed by atoms with Gasteiger partial charge in [-0.05, 0) is 0 Å². The van der Waals surface area contributed by atoms with Gasteiger partial charge in [0.1, 0.15) is 0 Å². The Kier molecular flexibility index (Phi) is 7.67. The van der Waals surface area contributed by atoms with Gasteiger partial charge in [0.05, 0.1) is 0 Å². The molecule has 2 aromatic heterocycles. The third-order valence-electron chi connectivity index (χ3n) is 4.67. The zero-order valence-electron chi connectivity index (χ0n) is 15.1. The number of hydrogen-bond acceptors (Lipinski definition) is 2. The molecule has 4 heteroatoms. The average molecular weight is 612 g/mol. The largest absolute Gasteiger partial charge is 0.397 e. The van der Waals surface area contributed by atoms with Gasteiger partial charge >= 0.3 is 0 Å². The van der Waals surface area contributed by atoms with Gasteiger partial charge in [0, 0.05) is 82.6 Å². The monoisotopic (exact) mass is 612 g/mol. The molecule has 3 aromatic carbocycles. The zero-order valence-corrected chi connectivity index (χ0v) is 22.5. The zero-order chi connectivity index (χ0) is 17.3. The van der Waals surface area contributed by atoms with E-state index in [1.165, 1.54) is 0 Å². The molecule has 0 aliphatic rings. The van der Waals surface area contributed by atoms with E-state index in [1.807, 2.05) is 48.5 Å². The number of pyridine rings is 2. The van der Waals surface area contributed by atoms with Gasteiger partial charge in [-0.25, -0.2) is 0 Å². The maximum atomic E-state index is 4.52. The molecular weight excluding hydrogens is 598 g/mol. The van der Waals surface area contributed by atoms with Gasteiger partial charge in [0.2, 0.25) is 0 Å². The summed E-state index contributed by atoms with van der Waals surface area (Å²) >= 11 is 0. The molecule has 0 saturated carbocycles. The normalized spacial score (nSPS) is 10.3. The fraction of sp³-hybridized carbons (Fsp3) is 0. The summed E-state index contributed by atoms with van der Waals surface area (Å²) < 4.78 is 0. The Morgan fingerprint density at radius 3 is 1.29 bits per heavy atom. The van der Waals surface area contributed by atoms with Gasteiger partial charge in [0.25, 0.3) is 0 Å². The van der Waals surface area contributed by atoms with Crippen molar-refractivity contribution in [3.05, 3.63) is 97.3 Å². The van der Waals surface area contributed by atoms with Gasteiger partial charge in [0.15, 0.2) is 0 Å². The van der Waals surface area contributed by atoms with Crippen LogP contribution in [0.4, 0.5) is 0 Å². The molecule has 0 amide bonds. The second kappa shape index (κ2) is 9.81. The van der Waals surface area contributed by atoms with Crippen LogP contribution < -0.4 is 0 Å². The van der Waals surface area contributed by atoms with Crippen molar-refractivity contribution in [3.63, 3.8) is 0 Å². The van der Waals surface area contributed by atoms with E-state index in [-0.39, 0.29) is 82.6 Å². The van der Waals surface area contributed by atoms with Gasteiger partial charge in [-0.3, -0.25) is 0 Å². The first kappa shape index (κ1) is 21.9. The molecule has 0 N–H and O–H groups in total. The van der Waals surface area contributed by atoms with Crippen molar-refractivity contribution < 1.29 is 82.6 Å². The summed E-state index contributed by atoms with van der Waals surface area (Å²) in [6.45, 7) is 0. The maximum Gasteiger partial charge on any atom is 0 e. The molecule has 0 unspecified atom stereocenters. The van der Waals surface area contributed by atoms with E-state index >= 15 is 0 Å². The van der Waals surface area contributed by atoms with Crippen molar-refractivity contribution in [3.8, 4) is 22.3 Å². The first-order valence-corrected chi connectivity index (χ1v) is 8.53. The van der Waals surface area contributed by atoms with Crippen LogP contribution in [0.1, 0.15) is 0 Å². The summed E-state index contributed by atoms with van der Waals surface area (Å²) in [7, 11) is 0. The maximum absolute atomic E-state index is 4.52. The van der Waals surface area contributed by atoms with Gasteiger partial charge in [-0.15, -0.1) is 34.0 Å². The van der Waals surface area contributed by atoms with Crippen molar-refractivity contribution >= 4 is 21.8 Å². The van der Waals surface area contributed by atoms with Crippen molar-refractivity contribution in [1.29, 1.82) is 0 Å². The van der Waals surface area contributed by atoms with Gasteiger partial charge in [-0.2, -0.15) is 0 Å². The smallest absolute Gasteiger partial charge is 0 e. The second-order valence-electron chi connectivity index (χ2n) is 6.19. The predicted octanol–water partition coefficient (Wildman–Crippen LogP) is 5.72. The third kappa shape index (κ3) is 4.07. The molecule has 28 heavy (non-hydrogen) atoms. The molecule has 0 bridgehead atoms.